The fourth-order valence-electron chi connectivity index (χ4n) is 2.78. The lowest BCUT2D eigenvalue weighted by Crippen LogP contribution is -2.26. The third-order valence-electron chi connectivity index (χ3n) is 4.30. The minimum atomic E-state index is -0.295. The molecule has 3 aromatic carbocycles. The summed E-state index contributed by atoms with van der Waals surface area (Å²) in [5.74, 6) is -0.0182. The second-order valence-electron chi connectivity index (χ2n) is 6.24. The minimum absolute atomic E-state index is 0.200. The van der Waals surface area contributed by atoms with Gasteiger partial charge >= 0.3 is 0 Å². The normalized spacial score (nSPS) is 10.8. The summed E-state index contributed by atoms with van der Waals surface area (Å²) in [5, 5.41) is 0.625. The topological polar surface area (TPSA) is 42.4 Å². The zero-order valence-electron chi connectivity index (χ0n) is 15.1. The van der Waals surface area contributed by atoms with E-state index in [1.54, 1.807) is 37.4 Å². The summed E-state index contributed by atoms with van der Waals surface area (Å²) in [4.78, 5) is 19.1. The summed E-state index contributed by atoms with van der Waals surface area (Å²) < 4.78 is 19.9. The van der Waals surface area contributed by atoms with Crippen LogP contribution in [0.4, 0.5) is 9.52 Å². The van der Waals surface area contributed by atoms with E-state index in [9.17, 15) is 9.18 Å². The smallest absolute Gasteiger partial charge is 0.263 e. The van der Waals surface area contributed by atoms with E-state index < -0.39 is 0 Å². The number of anilines is 1. The maximum absolute atomic E-state index is 13.1. The molecule has 0 aliphatic rings. The number of para-hydroxylation sites is 2. The fraction of sp³-hybridized carbons (Fsp3) is 0.0909. The number of thiazole rings is 1. The molecule has 0 aliphatic carbocycles. The predicted molar refractivity (Wildman–Crippen MR) is 110 cm³/mol. The molecule has 4 nitrogen and oxygen atoms in total. The third kappa shape index (κ3) is 3.73. The van der Waals surface area contributed by atoms with Gasteiger partial charge in [-0.15, -0.1) is 0 Å². The van der Waals surface area contributed by atoms with Crippen LogP contribution < -0.4 is 9.64 Å². The molecule has 0 N–H and O–H groups in total. The van der Waals surface area contributed by atoms with E-state index >= 15 is 0 Å². The second-order valence-corrected chi connectivity index (χ2v) is 7.25. The molecule has 1 amide bonds. The number of benzene rings is 3. The number of carbonyl (C=O) groups is 1. The van der Waals surface area contributed by atoms with Crippen LogP contribution in [0.1, 0.15) is 15.9 Å². The van der Waals surface area contributed by atoms with Crippen molar-refractivity contribution in [1.82, 2.24) is 4.98 Å². The Labute approximate surface area is 165 Å². The lowest BCUT2D eigenvalue weighted by Gasteiger charge is -2.16. The fourth-order valence-corrected chi connectivity index (χ4v) is 3.71. The summed E-state index contributed by atoms with van der Waals surface area (Å²) in [7, 11) is 1.71. The molecule has 28 heavy (non-hydrogen) atoms. The number of hydrogen-bond donors (Lipinski definition) is 0. The van der Waals surface area contributed by atoms with Gasteiger partial charge in [0.1, 0.15) is 18.2 Å². The molecule has 4 rings (SSSR count). The zero-order valence-corrected chi connectivity index (χ0v) is 15.9. The molecule has 1 heterocycles. The average Bonchev–Trinajstić information content (AvgIpc) is 3.17. The molecule has 0 saturated carbocycles. The number of ether oxygens (including phenoxy) is 1. The largest absolute Gasteiger partial charge is 0.488 e. The highest BCUT2D eigenvalue weighted by atomic mass is 32.1. The van der Waals surface area contributed by atoms with Crippen molar-refractivity contribution in [2.75, 3.05) is 11.9 Å². The first-order valence-electron chi connectivity index (χ1n) is 8.72. The van der Waals surface area contributed by atoms with Crippen molar-refractivity contribution in [2.24, 2.45) is 0 Å². The Morgan fingerprint density at radius 3 is 2.54 bits per heavy atom. The third-order valence-corrected chi connectivity index (χ3v) is 5.41. The highest BCUT2D eigenvalue weighted by Gasteiger charge is 2.20. The summed E-state index contributed by atoms with van der Waals surface area (Å²) in [6.45, 7) is 0.245. The average molecular weight is 392 g/mol. The van der Waals surface area contributed by atoms with Crippen LogP contribution in [-0.2, 0) is 6.61 Å². The predicted octanol–water partition coefficient (Wildman–Crippen LogP) is 5.29. The molecule has 4 aromatic rings. The molecular formula is C22H17FN2O2S. The van der Waals surface area contributed by atoms with Crippen molar-refractivity contribution in [3.05, 3.63) is 89.7 Å². The number of aromatic nitrogens is 1. The molecule has 0 unspecified atom stereocenters. The number of halogens is 1. The van der Waals surface area contributed by atoms with Crippen LogP contribution in [0.15, 0.2) is 72.8 Å². The van der Waals surface area contributed by atoms with Gasteiger partial charge in [-0.3, -0.25) is 9.69 Å². The maximum Gasteiger partial charge on any atom is 0.263 e. The standard InChI is InChI=1S/C22H17FN2O2S/c1-25(22-24-18-7-3-5-9-20(18)28-22)21(26)17-6-2-4-8-19(17)27-14-15-10-12-16(23)13-11-15/h2-13H,14H2,1H3. The van der Waals surface area contributed by atoms with Crippen LogP contribution in [0.3, 0.4) is 0 Å². The van der Waals surface area contributed by atoms with Crippen LogP contribution in [0, 0.1) is 5.82 Å². The number of amides is 1. The summed E-state index contributed by atoms with van der Waals surface area (Å²) in [6.07, 6.45) is 0. The van der Waals surface area contributed by atoms with E-state index in [1.807, 2.05) is 30.3 Å². The number of rotatable bonds is 5. The van der Waals surface area contributed by atoms with Crippen molar-refractivity contribution in [1.29, 1.82) is 0 Å². The van der Waals surface area contributed by atoms with Crippen molar-refractivity contribution in [3.63, 3.8) is 0 Å². The van der Waals surface area contributed by atoms with E-state index in [-0.39, 0.29) is 18.3 Å². The van der Waals surface area contributed by atoms with Crippen LogP contribution in [-0.4, -0.2) is 17.9 Å². The van der Waals surface area contributed by atoms with Crippen molar-refractivity contribution >= 4 is 32.6 Å². The van der Waals surface area contributed by atoms with E-state index in [0.29, 0.717) is 16.4 Å². The minimum Gasteiger partial charge on any atom is -0.488 e. The van der Waals surface area contributed by atoms with Gasteiger partial charge in [0.05, 0.1) is 15.8 Å². The maximum atomic E-state index is 13.1. The number of fused-ring (bicyclic) bond motifs is 1. The first-order valence-corrected chi connectivity index (χ1v) is 9.53. The second kappa shape index (κ2) is 7.78. The lowest BCUT2D eigenvalue weighted by atomic mass is 10.1. The molecule has 0 bridgehead atoms. The number of hydrogen-bond acceptors (Lipinski definition) is 4. The summed E-state index contributed by atoms with van der Waals surface area (Å²) in [6, 6.07) is 21.0. The van der Waals surface area contributed by atoms with Gasteiger partial charge in [0.2, 0.25) is 0 Å². The van der Waals surface area contributed by atoms with Gasteiger partial charge < -0.3 is 4.74 Å². The molecule has 0 spiro atoms. The van der Waals surface area contributed by atoms with Gasteiger partial charge in [0.25, 0.3) is 5.91 Å². The van der Waals surface area contributed by atoms with E-state index in [4.69, 9.17) is 4.74 Å². The molecule has 0 aliphatic heterocycles. The molecule has 0 atom stereocenters. The first kappa shape index (κ1) is 18.1. The van der Waals surface area contributed by atoms with Crippen LogP contribution in [0.25, 0.3) is 10.2 Å². The number of nitrogens with zero attached hydrogens (tertiary/aromatic N) is 2. The SMILES string of the molecule is CN(C(=O)c1ccccc1OCc1ccc(F)cc1)c1nc2ccccc2s1. The monoisotopic (exact) mass is 392 g/mol. The van der Waals surface area contributed by atoms with Gasteiger partial charge in [-0.1, -0.05) is 47.7 Å². The van der Waals surface area contributed by atoms with Crippen LogP contribution in [0.5, 0.6) is 5.75 Å². The molecule has 140 valence electrons. The zero-order chi connectivity index (χ0) is 19.5. The Morgan fingerprint density at radius 1 is 1.04 bits per heavy atom. The van der Waals surface area contributed by atoms with Crippen LogP contribution in [0.2, 0.25) is 0 Å². The quantitative estimate of drug-likeness (QED) is 0.463. The Bertz CT molecular complexity index is 1090. The Kier molecular flexibility index (Phi) is 5.04. The first-order chi connectivity index (χ1) is 13.6. The van der Waals surface area contributed by atoms with E-state index in [2.05, 4.69) is 4.98 Å². The highest BCUT2D eigenvalue weighted by molar-refractivity contribution is 7.22. The molecule has 0 saturated heterocycles. The Balaban J connectivity index is 1.56. The Hall–Kier alpha value is -3.25. The van der Waals surface area contributed by atoms with E-state index in [1.165, 1.54) is 28.4 Å². The van der Waals surface area contributed by atoms with Crippen LogP contribution >= 0.6 is 11.3 Å². The molecule has 1 aromatic heterocycles. The van der Waals surface area contributed by atoms with Gasteiger partial charge in [-0.2, -0.15) is 0 Å². The molecule has 6 heteroatoms. The van der Waals surface area contributed by atoms with Gasteiger partial charge in [0.15, 0.2) is 5.13 Å². The van der Waals surface area contributed by atoms with E-state index in [0.717, 1.165) is 15.8 Å². The summed E-state index contributed by atoms with van der Waals surface area (Å²) >= 11 is 1.46. The molecule has 0 radical (unpaired) electrons. The van der Waals surface area contributed by atoms with Crippen molar-refractivity contribution < 1.29 is 13.9 Å². The molecular weight excluding hydrogens is 375 g/mol. The van der Waals surface area contributed by atoms with Crippen molar-refractivity contribution in [2.45, 2.75) is 6.61 Å². The van der Waals surface area contributed by atoms with Crippen molar-refractivity contribution in [3.8, 4) is 5.75 Å². The molecule has 0 fully saturated rings. The summed E-state index contributed by atoms with van der Waals surface area (Å²) in [5.41, 5.74) is 2.14. The van der Waals surface area contributed by atoms with Gasteiger partial charge in [-0.05, 0) is 42.0 Å². The highest BCUT2D eigenvalue weighted by Crippen LogP contribution is 2.30. The van der Waals surface area contributed by atoms with Gasteiger partial charge in [-0.25, -0.2) is 9.37 Å². The Morgan fingerprint density at radius 2 is 1.75 bits per heavy atom. The number of carbonyl (C=O) groups excluding carboxylic acids is 1. The lowest BCUT2D eigenvalue weighted by molar-refractivity contribution is 0.0988. The van der Waals surface area contributed by atoms with Gasteiger partial charge in [0, 0.05) is 7.05 Å².